The molecule has 0 fully saturated rings. The highest BCUT2D eigenvalue weighted by Gasteiger charge is 2.30. The van der Waals surface area contributed by atoms with E-state index >= 15 is 0 Å². The van der Waals surface area contributed by atoms with Crippen LogP contribution in [0.1, 0.15) is 118 Å². The quantitative estimate of drug-likeness (QED) is 0.0779. The minimum Gasteiger partial charge on any atom is -0.496 e. The predicted molar refractivity (Wildman–Crippen MR) is 471 cm³/mol. The van der Waals surface area contributed by atoms with E-state index in [1.807, 2.05) is 129 Å². The molecule has 0 amide bonds. The van der Waals surface area contributed by atoms with Gasteiger partial charge in [0.25, 0.3) is 0 Å². The lowest BCUT2D eigenvalue weighted by atomic mass is 9.91. The van der Waals surface area contributed by atoms with Crippen molar-refractivity contribution in [3.63, 3.8) is 0 Å². The van der Waals surface area contributed by atoms with Crippen LogP contribution in [0.25, 0.3) is 92.4 Å². The lowest BCUT2D eigenvalue weighted by Crippen LogP contribution is -2.22. The summed E-state index contributed by atoms with van der Waals surface area (Å²) in [6.45, 7) is 24.8. The van der Waals surface area contributed by atoms with Crippen molar-refractivity contribution >= 4 is 112 Å². The molecule has 16 rings (SSSR count). The Bertz CT molecular complexity index is 6140. The first kappa shape index (κ1) is 81.3. The van der Waals surface area contributed by atoms with E-state index in [4.69, 9.17) is 39.3 Å². The Kier molecular flexibility index (Phi) is 23.9. The van der Waals surface area contributed by atoms with E-state index in [-0.39, 0.29) is 16.2 Å². The molecule has 0 radical (unpaired) electrons. The molecule has 0 saturated heterocycles. The Morgan fingerprint density at radius 2 is 0.574 bits per heavy atom. The second-order valence-electron chi connectivity index (χ2n) is 31.1. The van der Waals surface area contributed by atoms with E-state index in [2.05, 4.69) is 245 Å². The van der Waals surface area contributed by atoms with Gasteiger partial charge in [-0.1, -0.05) is 118 Å². The SMILES string of the molecule is CCN(C)c1ccc(/C=c2/c(C(C)(C)C)nn3c(-c4ccccc4OC)nnc23)s1.CCc1nn2c(-c3ccccc3OC)nnc2/c1=C\c1ccc(N(C)C)s1.COc1ccccc1-c1nnc2/c(=C\c3ccc(N(C)C)s3)c(C(C)(C)C)nn12.COc1ccccc1-c1nnc2/c(=C\c3ccc(N(C)C)s3)c(C(C)(C)C)nn12. The predicted octanol–water partition coefficient (Wildman–Crippen LogP) is 14.7. The van der Waals surface area contributed by atoms with Crippen LogP contribution < -0.4 is 59.4 Å². The standard InChI is InChI=1S/C23H27N5OS.2C22H25N5OS.C20H21N5OS/c1-7-27(5)19-13-12-15(30-19)14-17-20(23(2,3)4)26-28-21(24-25-22(17)28)16-10-8-9-11-18(16)29-6;2*1-22(2,3)19-16(13-14-11-12-18(29-14)26(4)5)21-24-23-20(27(21)25-19)15-9-7-8-10-17(15)28-6;1-5-16-15(12-13-10-11-18(27-13)24(2)3)20-22-21-19(25(20)23-16)14-8-6-7-9-17(14)26-4/h8-14H,7H2,1-6H3;2*7-13H,1-6H3;6-12H,5H2,1-4H3/b17-14-;2*16-13-;15-12-. The number of hydrogen-bond acceptors (Lipinski definition) is 24. The number of para-hydroxylation sites is 4. The van der Waals surface area contributed by atoms with Crippen molar-refractivity contribution in [1.29, 1.82) is 0 Å². The fourth-order valence-corrected chi connectivity index (χ4v) is 16.6. The maximum Gasteiger partial charge on any atom is 0.189 e. The second kappa shape index (κ2) is 33.8. The normalized spacial score (nSPS) is 12.5. The number of benzene rings is 4. The molecule has 0 bridgehead atoms. The first-order valence-corrected chi connectivity index (χ1v) is 41.0. The third-order valence-electron chi connectivity index (χ3n) is 19.1. The first-order valence-electron chi connectivity index (χ1n) is 37.8. The largest absolute Gasteiger partial charge is 0.496 e. The number of thiophene rings is 4. The van der Waals surface area contributed by atoms with Crippen molar-refractivity contribution < 1.29 is 18.9 Å². The number of fused-ring (bicyclic) bond motifs is 4. The van der Waals surface area contributed by atoms with Gasteiger partial charge < -0.3 is 38.5 Å². The molecule has 0 aliphatic carbocycles. The fraction of sp³-hybridized carbons (Fsp3) is 0.310. The first-order chi connectivity index (χ1) is 55.0. The number of ether oxygens (including phenoxy) is 4. The van der Waals surface area contributed by atoms with Gasteiger partial charge in [0.2, 0.25) is 0 Å². The Morgan fingerprint density at radius 1 is 0.322 bits per heavy atom. The number of hydrogen-bond donors (Lipinski definition) is 0. The zero-order valence-corrected chi connectivity index (χ0v) is 72.6. The van der Waals surface area contributed by atoms with Crippen molar-refractivity contribution in [1.82, 2.24) is 79.2 Å². The van der Waals surface area contributed by atoms with Gasteiger partial charge in [0.1, 0.15) is 23.0 Å². The number of anilines is 4. The summed E-state index contributed by atoms with van der Waals surface area (Å²) in [5.41, 5.74) is 10.2. The van der Waals surface area contributed by atoms with Crippen LogP contribution in [0.3, 0.4) is 0 Å². The van der Waals surface area contributed by atoms with Crippen LogP contribution >= 0.6 is 45.3 Å². The van der Waals surface area contributed by atoms with Gasteiger partial charge in [-0.3, -0.25) is 0 Å². The summed E-state index contributed by atoms with van der Waals surface area (Å²) in [6.07, 6.45) is 9.50. The molecule has 0 aliphatic heterocycles. The monoisotopic (exact) mass is 1610 g/mol. The summed E-state index contributed by atoms with van der Waals surface area (Å²) in [7, 11) is 21.1. The number of methoxy groups -OCH3 is 4. The van der Waals surface area contributed by atoms with Crippen LogP contribution in [-0.4, -0.2) is 164 Å². The fourth-order valence-electron chi connectivity index (χ4n) is 13.0. The van der Waals surface area contributed by atoms with Crippen molar-refractivity contribution in [2.24, 2.45) is 0 Å². The number of aryl methyl sites for hydroxylation is 1. The second-order valence-corrected chi connectivity index (χ2v) is 35.4. The number of rotatable bonds is 18. The molecule has 4 aromatic carbocycles. The molecule has 12 heterocycles. The summed E-state index contributed by atoms with van der Waals surface area (Å²) in [6, 6.07) is 48.3. The van der Waals surface area contributed by atoms with Crippen LogP contribution in [0.15, 0.2) is 146 Å². The average Bonchev–Trinajstić information content (AvgIpc) is 1.61. The molecule has 24 nitrogen and oxygen atoms in total. The highest BCUT2D eigenvalue weighted by Crippen LogP contribution is 2.36. The van der Waals surface area contributed by atoms with E-state index in [0.29, 0.717) is 23.3 Å². The van der Waals surface area contributed by atoms with Crippen molar-refractivity contribution in [2.45, 2.75) is 98.8 Å². The Morgan fingerprint density at radius 3 is 0.826 bits per heavy atom. The van der Waals surface area contributed by atoms with Crippen LogP contribution in [0.4, 0.5) is 20.0 Å². The number of aromatic nitrogens is 16. The summed E-state index contributed by atoms with van der Waals surface area (Å²) < 4.78 is 29.4. The molecule has 0 unspecified atom stereocenters. The molecule has 28 heteroatoms. The van der Waals surface area contributed by atoms with Crippen LogP contribution in [-0.2, 0) is 22.7 Å². The van der Waals surface area contributed by atoms with Gasteiger partial charge in [-0.05, 0) is 135 Å². The average molecular weight is 1620 g/mol. The van der Waals surface area contributed by atoms with E-state index in [1.54, 1.807) is 73.8 Å². The molecule has 0 spiro atoms. The summed E-state index contributed by atoms with van der Waals surface area (Å²) >= 11 is 6.99. The van der Waals surface area contributed by atoms with Crippen LogP contribution in [0.2, 0.25) is 0 Å². The van der Waals surface area contributed by atoms with E-state index in [0.717, 1.165) is 134 Å². The zero-order valence-electron chi connectivity index (χ0n) is 69.3. The zero-order chi connectivity index (χ0) is 81.9. The van der Waals surface area contributed by atoms with Crippen LogP contribution in [0.5, 0.6) is 23.0 Å². The summed E-state index contributed by atoms with van der Waals surface area (Å²) in [4.78, 5) is 13.2. The highest BCUT2D eigenvalue weighted by atomic mass is 32.1. The minimum atomic E-state index is -0.134. The highest BCUT2D eigenvalue weighted by molar-refractivity contribution is 7.18. The molecule has 0 N–H and O–H groups in total. The van der Waals surface area contributed by atoms with Gasteiger partial charge in [0.15, 0.2) is 45.9 Å². The van der Waals surface area contributed by atoms with Crippen molar-refractivity contribution in [2.75, 3.05) is 104 Å². The Balaban J connectivity index is 0.000000134. The van der Waals surface area contributed by atoms with Crippen molar-refractivity contribution in [3.8, 4) is 68.5 Å². The van der Waals surface area contributed by atoms with Gasteiger partial charge >= 0.3 is 0 Å². The molecular weight excluding hydrogens is 1520 g/mol. The molecule has 12 aromatic heterocycles. The maximum absolute atomic E-state index is 5.53. The Hall–Kier alpha value is -11.7. The smallest absolute Gasteiger partial charge is 0.189 e. The topological polar surface area (TPSA) is 222 Å². The summed E-state index contributed by atoms with van der Waals surface area (Å²) in [5, 5.41) is 64.2. The van der Waals surface area contributed by atoms with E-state index in [9.17, 15) is 0 Å². The van der Waals surface area contributed by atoms with Gasteiger partial charge in [-0.2, -0.15) is 38.5 Å². The molecule has 0 aliphatic rings. The van der Waals surface area contributed by atoms with Gasteiger partial charge in [-0.15, -0.1) is 86.1 Å². The third-order valence-corrected chi connectivity index (χ3v) is 23.8. The summed E-state index contributed by atoms with van der Waals surface area (Å²) in [5.74, 6) is 5.76. The molecule has 115 heavy (non-hydrogen) atoms. The van der Waals surface area contributed by atoms with E-state index in [1.165, 1.54) is 29.8 Å². The molecule has 0 atom stereocenters. The van der Waals surface area contributed by atoms with E-state index < -0.39 is 0 Å². The molecule has 0 saturated carbocycles. The van der Waals surface area contributed by atoms with Gasteiger partial charge in [0.05, 0.1) is 93.5 Å². The molecule has 16 aromatic rings. The van der Waals surface area contributed by atoms with Gasteiger partial charge in [-0.25, -0.2) is 0 Å². The molecule has 594 valence electrons. The lowest BCUT2D eigenvalue weighted by molar-refractivity contribution is 0.416. The lowest BCUT2D eigenvalue weighted by Gasteiger charge is -2.15. The number of nitrogens with zero attached hydrogens (tertiary/aromatic N) is 20. The molecular formula is C87H98N20O4S4. The minimum absolute atomic E-state index is 0.133. The third kappa shape index (κ3) is 17.0. The van der Waals surface area contributed by atoms with Crippen LogP contribution in [0, 0.1) is 0 Å². The maximum atomic E-state index is 5.53. The van der Waals surface area contributed by atoms with Gasteiger partial charge in [0, 0.05) is 113 Å². The van der Waals surface area contributed by atoms with Crippen molar-refractivity contribution in [3.05, 3.63) is 209 Å². The Labute approximate surface area is 686 Å².